The number of rotatable bonds is 7. The van der Waals surface area contributed by atoms with Crippen LogP contribution in [0.3, 0.4) is 0 Å². The number of hydrazone groups is 1. The minimum atomic E-state index is 0.655. The molecule has 0 aliphatic rings. The van der Waals surface area contributed by atoms with Crippen molar-refractivity contribution in [3.8, 4) is 11.3 Å². The second-order valence-corrected chi connectivity index (χ2v) is 7.91. The Morgan fingerprint density at radius 1 is 0.839 bits per heavy atom. The number of aromatic nitrogens is 1. The zero-order valence-electron chi connectivity index (χ0n) is 17.3. The molecule has 0 amide bonds. The molecule has 1 heterocycles. The summed E-state index contributed by atoms with van der Waals surface area (Å²) in [6, 6.07) is 27.8. The quantitative estimate of drug-likeness (QED) is 0.202. The third-order valence-corrected chi connectivity index (χ3v) is 5.30. The molecule has 154 valence electrons. The van der Waals surface area contributed by atoms with Crippen LogP contribution in [0.25, 0.3) is 11.3 Å². The highest BCUT2D eigenvalue weighted by Crippen LogP contribution is 2.38. The smallest absolute Gasteiger partial charge is 0.206 e. The van der Waals surface area contributed by atoms with Crippen molar-refractivity contribution in [2.24, 2.45) is 15.3 Å². The van der Waals surface area contributed by atoms with Gasteiger partial charge in [-0.25, -0.2) is 4.98 Å². The standard InChI is InChI=1S/C24H22N6S/c1-30(2)21-15-13-18(14-16-21)17-25-29-24-26-22(19-9-5-3-6-10-19)23(31-24)28-27-20-11-7-4-8-12-20/h3-17H,1-2H3,(H,26,29)/b25-17-,28-27?. The minimum absolute atomic E-state index is 0.655. The predicted octanol–water partition coefficient (Wildman–Crippen LogP) is 6.74. The van der Waals surface area contributed by atoms with Gasteiger partial charge in [0.2, 0.25) is 5.13 Å². The summed E-state index contributed by atoms with van der Waals surface area (Å²) >= 11 is 1.41. The zero-order chi connectivity index (χ0) is 21.5. The van der Waals surface area contributed by atoms with E-state index in [1.807, 2.05) is 86.9 Å². The highest BCUT2D eigenvalue weighted by Gasteiger charge is 2.13. The van der Waals surface area contributed by atoms with Gasteiger partial charge < -0.3 is 4.90 Å². The number of nitrogens with zero attached hydrogens (tertiary/aromatic N) is 5. The Bertz CT molecular complexity index is 1170. The second kappa shape index (κ2) is 9.77. The number of azo groups is 1. The van der Waals surface area contributed by atoms with Crippen LogP contribution >= 0.6 is 11.3 Å². The lowest BCUT2D eigenvalue weighted by Gasteiger charge is -2.11. The van der Waals surface area contributed by atoms with Crippen LogP contribution in [0.5, 0.6) is 0 Å². The highest BCUT2D eigenvalue weighted by molar-refractivity contribution is 7.19. The summed E-state index contributed by atoms with van der Waals surface area (Å²) in [4.78, 5) is 6.76. The van der Waals surface area contributed by atoms with Crippen LogP contribution in [0.1, 0.15) is 5.56 Å². The maximum absolute atomic E-state index is 4.69. The van der Waals surface area contributed by atoms with Crippen LogP contribution in [-0.2, 0) is 0 Å². The zero-order valence-corrected chi connectivity index (χ0v) is 18.1. The van der Waals surface area contributed by atoms with Gasteiger partial charge in [-0.15, -0.1) is 10.2 Å². The maximum atomic E-state index is 4.69. The van der Waals surface area contributed by atoms with Gasteiger partial charge in [0.05, 0.1) is 11.9 Å². The van der Waals surface area contributed by atoms with Crippen molar-refractivity contribution in [1.82, 2.24) is 4.98 Å². The first kappa shape index (κ1) is 20.4. The van der Waals surface area contributed by atoms with Crippen LogP contribution in [0.4, 0.5) is 21.5 Å². The number of benzene rings is 3. The summed E-state index contributed by atoms with van der Waals surface area (Å²) in [7, 11) is 4.04. The molecular formula is C24H22N6S. The Hall–Kier alpha value is -3.84. The fraction of sp³-hybridized carbons (Fsp3) is 0.0833. The van der Waals surface area contributed by atoms with Gasteiger partial charge in [0.15, 0.2) is 5.00 Å². The number of hydrogen-bond donors (Lipinski definition) is 1. The fourth-order valence-electron chi connectivity index (χ4n) is 2.83. The van der Waals surface area contributed by atoms with E-state index in [0.29, 0.717) is 5.13 Å². The van der Waals surface area contributed by atoms with Crippen molar-refractivity contribution in [3.05, 3.63) is 90.5 Å². The van der Waals surface area contributed by atoms with E-state index in [2.05, 4.69) is 37.8 Å². The van der Waals surface area contributed by atoms with Crippen molar-refractivity contribution in [1.29, 1.82) is 0 Å². The Balaban J connectivity index is 1.55. The van der Waals surface area contributed by atoms with Crippen molar-refractivity contribution in [3.63, 3.8) is 0 Å². The molecule has 0 bridgehead atoms. The van der Waals surface area contributed by atoms with Crippen LogP contribution in [-0.4, -0.2) is 25.3 Å². The van der Waals surface area contributed by atoms with E-state index in [1.165, 1.54) is 11.3 Å². The molecule has 4 rings (SSSR count). The van der Waals surface area contributed by atoms with Gasteiger partial charge in [-0.05, 0) is 29.8 Å². The number of nitrogens with one attached hydrogen (secondary N) is 1. The number of hydrogen-bond acceptors (Lipinski definition) is 7. The second-order valence-electron chi connectivity index (χ2n) is 6.93. The van der Waals surface area contributed by atoms with Gasteiger partial charge in [0.1, 0.15) is 5.69 Å². The number of anilines is 2. The predicted molar refractivity (Wildman–Crippen MR) is 130 cm³/mol. The van der Waals surface area contributed by atoms with E-state index in [1.54, 1.807) is 6.21 Å². The first-order chi connectivity index (χ1) is 15.2. The van der Waals surface area contributed by atoms with E-state index in [-0.39, 0.29) is 0 Å². The summed E-state index contributed by atoms with van der Waals surface area (Å²) in [6.45, 7) is 0. The Morgan fingerprint density at radius 3 is 2.19 bits per heavy atom. The number of thiazole rings is 1. The summed E-state index contributed by atoms with van der Waals surface area (Å²) in [5.74, 6) is 0. The molecule has 0 radical (unpaired) electrons. The van der Waals surface area contributed by atoms with Gasteiger partial charge in [0.25, 0.3) is 0 Å². The average Bonchev–Trinajstić information content (AvgIpc) is 3.22. The normalized spacial score (nSPS) is 11.3. The molecule has 0 aliphatic heterocycles. The maximum Gasteiger partial charge on any atom is 0.206 e. The summed E-state index contributed by atoms with van der Waals surface area (Å²) in [6.07, 6.45) is 1.77. The molecule has 0 atom stereocenters. The van der Waals surface area contributed by atoms with E-state index < -0.39 is 0 Å². The average molecular weight is 427 g/mol. The molecule has 0 fully saturated rings. The fourth-order valence-corrected chi connectivity index (χ4v) is 3.59. The molecule has 7 heteroatoms. The molecule has 31 heavy (non-hydrogen) atoms. The molecule has 0 saturated carbocycles. The van der Waals surface area contributed by atoms with E-state index in [4.69, 9.17) is 4.98 Å². The molecule has 0 unspecified atom stereocenters. The first-order valence-electron chi connectivity index (χ1n) is 9.78. The molecule has 4 aromatic rings. The van der Waals surface area contributed by atoms with Gasteiger partial charge in [-0.1, -0.05) is 72.0 Å². The lowest BCUT2D eigenvalue weighted by atomic mass is 10.2. The van der Waals surface area contributed by atoms with Crippen molar-refractivity contribution < 1.29 is 0 Å². The van der Waals surface area contributed by atoms with Crippen LogP contribution in [0, 0.1) is 0 Å². The third kappa shape index (κ3) is 5.40. The van der Waals surface area contributed by atoms with Crippen LogP contribution in [0.2, 0.25) is 0 Å². The van der Waals surface area contributed by atoms with Crippen LogP contribution in [0.15, 0.2) is 100 Å². The molecule has 0 spiro atoms. The molecule has 1 aromatic heterocycles. The van der Waals surface area contributed by atoms with Crippen molar-refractivity contribution >= 4 is 39.1 Å². The summed E-state index contributed by atoms with van der Waals surface area (Å²) < 4.78 is 0. The van der Waals surface area contributed by atoms with E-state index in [0.717, 1.165) is 33.2 Å². The summed E-state index contributed by atoms with van der Waals surface area (Å²) in [5, 5.41) is 14.5. The summed E-state index contributed by atoms with van der Waals surface area (Å²) in [5.41, 5.74) is 7.72. The minimum Gasteiger partial charge on any atom is -0.378 e. The highest BCUT2D eigenvalue weighted by atomic mass is 32.1. The van der Waals surface area contributed by atoms with Gasteiger partial charge in [0, 0.05) is 25.3 Å². The monoisotopic (exact) mass is 426 g/mol. The molecule has 0 aliphatic carbocycles. The third-order valence-electron chi connectivity index (χ3n) is 4.45. The lowest BCUT2D eigenvalue weighted by molar-refractivity contribution is 1.13. The van der Waals surface area contributed by atoms with E-state index in [9.17, 15) is 0 Å². The molecule has 6 nitrogen and oxygen atoms in total. The van der Waals surface area contributed by atoms with Gasteiger partial charge >= 0.3 is 0 Å². The molecular weight excluding hydrogens is 404 g/mol. The van der Waals surface area contributed by atoms with E-state index >= 15 is 0 Å². The van der Waals surface area contributed by atoms with Gasteiger partial charge in [-0.3, -0.25) is 5.43 Å². The Labute approximate surface area is 185 Å². The SMILES string of the molecule is CN(C)c1ccc(/C=N\Nc2nc(-c3ccccc3)c(N=Nc3ccccc3)s2)cc1. The Kier molecular flexibility index (Phi) is 6.44. The molecule has 1 N–H and O–H groups in total. The van der Waals surface area contributed by atoms with Gasteiger partial charge in [-0.2, -0.15) is 5.10 Å². The topological polar surface area (TPSA) is 65.2 Å². The Morgan fingerprint density at radius 2 is 1.52 bits per heavy atom. The molecule has 3 aromatic carbocycles. The lowest BCUT2D eigenvalue weighted by Crippen LogP contribution is -2.08. The van der Waals surface area contributed by atoms with Crippen molar-refractivity contribution in [2.45, 2.75) is 0 Å². The molecule has 0 saturated heterocycles. The van der Waals surface area contributed by atoms with Crippen molar-refractivity contribution in [2.75, 3.05) is 24.4 Å². The largest absolute Gasteiger partial charge is 0.378 e. The first-order valence-corrected chi connectivity index (χ1v) is 10.6. The van der Waals surface area contributed by atoms with Crippen LogP contribution < -0.4 is 10.3 Å².